The summed E-state index contributed by atoms with van der Waals surface area (Å²) in [5.74, 6) is 1.13. The molecule has 112 valence electrons. The van der Waals surface area contributed by atoms with Crippen LogP contribution in [-0.2, 0) is 16.4 Å². The summed E-state index contributed by atoms with van der Waals surface area (Å²) < 4.78 is 23.1. The monoisotopic (exact) mass is 298 g/mol. The molecule has 0 aromatic carbocycles. The van der Waals surface area contributed by atoms with Crippen molar-refractivity contribution >= 4 is 15.7 Å². The zero-order valence-corrected chi connectivity index (χ0v) is 13.0. The first-order valence-corrected chi connectivity index (χ1v) is 8.72. The molecule has 0 spiro atoms. The minimum absolute atomic E-state index is 0.0531. The van der Waals surface area contributed by atoms with E-state index in [1.165, 1.54) is 0 Å². The van der Waals surface area contributed by atoms with Gasteiger partial charge in [-0.2, -0.15) is 5.10 Å². The number of aromatic nitrogens is 2. The highest BCUT2D eigenvalue weighted by atomic mass is 32.2. The van der Waals surface area contributed by atoms with Crippen LogP contribution in [-0.4, -0.2) is 48.7 Å². The van der Waals surface area contributed by atoms with Crippen LogP contribution in [0, 0.1) is 0 Å². The van der Waals surface area contributed by atoms with Crippen LogP contribution >= 0.6 is 0 Å². The minimum Gasteiger partial charge on any atom is -0.350 e. The molecule has 0 amide bonds. The van der Waals surface area contributed by atoms with Crippen molar-refractivity contribution in [3.8, 4) is 0 Å². The third-order valence-electron chi connectivity index (χ3n) is 3.36. The molecule has 1 fully saturated rings. The lowest BCUT2D eigenvalue weighted by Gasteiger charge is -2.33. The highest BCUT2D eigenvalue weighted by Gasteiger charge is 2.28. The number of sulfone groups is 1. The summed E-state index contributed by atoms with van der Waals surface area (Å²) in [5.41, 5.74) is 0.889. The van der Waals surface area contributed by atoms with E-state index in [0.717, 1.165) is 11.5 Å². The van der Waals surface area contributed by atoms with Gasteiger partial charge in [-0.15, -0.1) is 5.10 Å². The van der Waals surface area contributed by atoms with Gasteiger partial charge in [0.15, 0.2) is 15.7 Å². The first-order chi connectivity index (χ1) is 9.37. The van der Waals surface area contributed by atoms with Crippen LogP contribution in [0.4, 0.5) is 5.82 Å². The second-order valence-electron chi connectivity index (χ2n) is 5.58. The van der Waals surface area contributed by atoms with Gasteiger partial charge in [0, 0.05) is 25.2 Å². The molecule has 1 aromatic rings. The van der Waals surface area contributed by atoms with Crippen LogP contribution in [0.2, 0.25) is 0 Å². The first kappa shape index (κ1) is 15.2. The molecule has 1 atom stereocenters. The van der Waals surface area contributed by atoms with Crippen molar-refractivity contribution < 1.29 is 8.42 Å². The Morgan fingerprint density at radius 2 is 2.15 bits per heavy atom. The van der Waals surface area contributed by atoms with E-state index in [2.05, 4.69) is 29.4 Å². The Labute approximate surface area is 120 Å². The van der Waals surface area contributed by atoms with E-state index in [0.29, 0.717) is 19.1 Å². The van der Waals surface area contributed by atoms with E-state index in [9.17, 15) is 8.42 Å². The van der Waals surface area contributed by atoms with Gasteiger partial charge in [0.05, 0.1) is 17.2 Å². The summed E-state index contributed by atoms with van der Waals surface area (Å²) >= 11 is 0. The Bertz CT molecular complexity index is 542. The average molecular weight is 298 g/mol. The SMILES string of the molecule is CC(C)NCc1ccc(N2CCS(=O)(=O)CC2C)nn1. The second kappa shape index (κ2) is 6.05. The number of anilines is 1. The standard InChI is InChI=1S/C13H22N4O2S/c1-10(2)14-8-12-4-5-13(16-15-12)17-6-7-20(18,19)9-11(17)3/h4-5,10-11,14H,6-9H2,1-3H3. The Kier molecular flexibility index (Phi) is 4.59. The second-order valence-corrected chi connectivity index (χ2v) is 7.80. The van der Waals surface area contributed by atoms with Gasteiger partial charge < -0.3 is 10.2 Å². The van der Waals surface area contributed by atoms with E-state index in [-0.39, 0.29) is 17.5 Å². The molecule has 1 N–H and O–H groups in total. The zero-order chi connectivity index (χ0) is 14.8. The molecule has 0 saturated carbocycles. The quantitative estimate of drug-likeness (QED) is 0.877. The van der Waals surface area contributed by atoms with Crippen molar-refractivity contribution in [1.82, 2.24) is 15.5 Å². The molecule has 1 aliphatic heterocycles. The molecule has 1 unspecified atom stereocenters. The molecule has 2 rings (SSSR count). The maximum atomic E-state index is 11.6. The maximum Gasteiger partial charge on any atom is 0.154 e. The van der Waals surface area contributed by atoms with Gasteiger partial charge in [0.1, 0.15) is 0 Å². The average Bonchev–Trinajstić information content (AvgIpc) is 2.36. The number of nitrogens with zero attached hydrogens (tertiary/aromatic N) is 3. The maximum absolute atomic E-state index is 11.6. The highest BCUT2D eigenvalue weighted by Crippen LogP contribution is 2.18. The molecule has 0 bridgehead atoms. The largest absolute Gasteiger partial charge is 0.350 e. The van der Waals surface area contributed by atoms with Crippen LogP contribution in [0.1, 0.15) is 26.5 Å². The molecule has 2 heterocycles. The van der Waals surface area contributed by atoms with Crippen molar-refractivity contribution in [2.75, 3.05) is 23.0 Å². The van der Waals surface area contributed by atoms with Crippen LogP contribution < -0.4 is 10.2 Å². The van der Waals surface area contributed by atoms with Crippen LogP contribution in [0.3, 0.4) is 0 Å². The van der Waals surface area contributed by atoms with Crippen molar-refractivity contribution in [1.29, 1.82) is 0 Å². The Hall–Kier alpha value is -1.21. The lowest BCUT2D eigenvalue weighted by Crippen LogP contribution is -2.47. The zero-order valence-electron chi connectivity index (χ0n) is 12.2. The van der Waals surface area contributed by atoms with Gasteiger partial charge in [-0.3, -0.25) is 0 Å². The summed E-state index contributed by atoms with van der Waals surface area (Å²) in [6, 6.07) is 4.21. The fourth-order valence-corrected chi connectivity index (χ4v) is 3.80. The molecular formula is C13H22N4O2S. The van der Waals surface area contributed by atoms with Gasteiger partial charge in [-0.1, -0.05) is 13.8 Å². The lowest BCUT2D eigenvalue weighted by atomic mass is 10.3. The van der Waals surface area contributed by atoms with Crippen molar-refractivity contribution in [3.05, 3.63) is 17.8 Å². The van der Waals surface area contributed by atoms with Crippen LogP contribution in [0.5, 0.6) is 0 Å². The van der Waals surface area contributed by atoms with E-state index < -0.39 is 9.84 Å². The Morgan fingerprint density at radius 3 is 2.70 bits per heavy atom. The lowest BCUT2D eigenvalue weighted by molar-refractivity contribution is 0.563. The summed E-state index contributed by atoms with van der Waals surface area (Å²) in [4.78, 5) is 2.01. The van der Waals surface area contributed by atoms with Gasteiger partial charge in [0.25, 0.3) is 0 Å². The fraction of sp³-hybridized carbons (Fsp3) is 0.692. The molecule has 6 nitrogen and oxygen atoms in total. The molecule has 7 heteroatoms. The van der Waals surface area contributed by atoms with E-state index in [4.69, 9.17) is 0 Å². The number of hydrogen-bond donors (Lipinski definition) is 1. The van der Waals surface area contributed by atoms with Crippen LogP contribution in [0.25, 0.3) is 0 Å². The first-order valence-electron chi connectivity index (χ1n) is 6.90. The summed E-state index contributed by atoms with van der Waals surface area (Å²) in [5, 5.41) is 11.7. The van der Waals surface area contributed by atoms with E-state index >= 15 is 0 Å². The van der Waals surface area contributed by atoms with E-state index in [1.54, 1.807) is 0 Å². The number of hydrogen-bond acceptors (Lipinski definition) is 6. The van der Waals surface area contributed by atoms with Crippen LogP contribution in [0.15, 0.2) is 12.1 Å². The predicted molar refractivity (Wildman–Crippen MR) is 79.5 cm³/mol. The van der Waals surface area contributed by atoms with Gasteiger partial charge >= 0.3 is 0 Å². The number of rotatable bonds is 4. The fourth-order valence-electron chi connectivity index (χ4n) is 2.25. The minimum atomic E-state index is -2.90. The Balaban J connectivity index is 2.03. The Morgan fingerprint density at radius 1 is 1.40 bits per heavy atom. The molecule has 0 radical (unpaired) electrons. The summed E-state index contributed by atoms with van der Waals surface area (Å²) in [6.07, 6.45) is 0. The topological polar surface area (TPSA) is 75.2 Å². The molecule has 1 aliphatic rings. The molecular weight excluding hydrogens is 276 g/mol. The highest BCUT2D eigenvalue weighted by molar-refractivity contribution is 7.91. The third-order valence-corrected chi connectivity index (χ3v) is 5.16. The molecule has 1 saturated heterocycles. The summed E-state index contributed by atoms with van der Waals surface area (Å²) in [6.45, 7) is 7.25. The smallest absolute Gasteiger partial charge is 0.154 e. The normalized spacial score (nSPS) is 22.2. The molecule has 1 aromatic heterocycles. The summed E-state index contributed by atoms with van der Waals surface area (Å²) in [7, 11) is -2.90. The van der Waals surface area contributed by atoms with E-state index in [1.807, 2.05) is 24.0 Å². The molecule has 20 heavy (non-hydrogen) atoms. The van der Waals surface area contributed by atoms with Crippen molar-refractivity contribution in [3.63, 3.8) is 0 Å². The third kappa shape index (κ3) is 3.89. The van der Waals surface area contributed by atoms with Crippen molar-refractivity contribution in [2.45, 2.75) is 39.4 Å². The van der Waals surface area contributed by atoms with Gasteiger partial charge in [0.2, 0.25) is 0 Å². The van der Waals surface area contributed by atoms with Gasteiger partial charge in [-0.25, -0.2) is 8.42 Å². The number of nitrogens with one attached hydrogen (secondary N) is 1. The predicted octanol–water partition coefficient (Wildman–Crippen LogP) is 0.598. The molecule has 0 aliphatic carbocycles. The van der Waals surface area contributed by atoms with Gasteiger partial charge in [-0.05, 0) is 19.1 Å². The van der Waals surface area contributed by atoms with Crippen molar-refractivity contribution in [2.24, 2.45) is 0 Å².